The summed E-state index contributed by atoms with van der Waals surface area (Å²) in [5, 5.41) is 1.30. The fourth-order valence-electron chi connectivity index (χ4n) is 4.30. The molecule has 156 valence electrons. The molecule has 0 radical (unpaired) electrons. The fraction of sp³-hybridized carbons (Fsp3) is 0. The highest BCUT2D eigenvalue weighted by Gasteiger charge is 2.20. The molecule has 4 aromatic carbocycles. The first-order chi connectivity index (χ1) is 16.3. The van der Waals surface area contributed by atoms with Crippen molar-refractivity contribution in [3.8, 4) is 11.1 Å². The first-order valence-electron chi connectivity index (χ1n) is 11.0. The zero-order chi connectivity index (χ0) is 22.0. The Morgan fingerprint density at radius 3 is 2.09 bits per heavy atom. The van der Waals surface area contributed by atoms with Crippen LogP contribution >= 0.6 is 23.1 Å². The Hall–Kier alpha value is -3.46. The van der Waals surface area contributed by atoms with E-state index >= 15 is 0 Å². The second-order valence-corrected chi connectivity index (χ2v) is 10.2. The lowest BCUT2D eigenvalue weighted by Gasteiger charge is -2.19. The minimum absolute atomic E-state index is 1.25. The molecule has 1 aliphatic rings. The number of benzene rings is 4. The van der Waals surface area contributed by atoms with Crippen LogP contribution in [0.2, 0.25) is 0 Å². The van der Waals surface area contributed by atoms with Crippen LogP contribution in [-0.2, 0) is 0 Å². The Balaban J connectivity index is 1.52. The molecule has 33 heavy (non-hydrogen) atoms. The first-order valence-corrected chi connectivity index (χ1v) is 12.7. The normalized spacial score (nSPS) is 14.2. The molecule has 2 heterocycles. The van der Waals surface area contributed by atoms with E-state index < -0.39 is 0 Å². The average molecular weight is 458 g/mol. The Labute approximate surface area is 202 Å². The molecule has 2 heteroatoms. The van der Waals surface area contributed by atoms with Gasteiger partial charge in [-0.2, -0.15) is 0 Å². The van der Waals surface area contributed by atoms with Crippen LogP contribution in [0.1, 0.15) is 16.0 Å². The van der Waals surface area contributed by atoms with Crippen LogP contribution in [0.5, 0.6) is 0 Å². The molecular weight excluding hydrogens is 436 g/mol. The van der Waals surface area contributed by atoms with Crippen LogP contribution < -0.4 is 0 Å². The molecule has 0 amide bonds. The Morgan fingerprint density at radius 2 is 1.27 bits per heavy atom. The van der Waals surface area contributed by atoms with Crippen LogP contribution in [0.4, 0.5) is 0 Å². The third-order valence-corrected chi connectivity index (χ3v) is 7.93. The highest BCUT2D eigenvalue weighted by Crippen LogP contribution is 2.44. The van der Waals surface area contributed by atoms with E-state index in [-0.39, 0.29) is 0 Å². The second kappa shape index (κ2) is 8.82. The summed E-state index contributed by atoms with van der Waals surface area (Å²) in [5.74, 6) is 0. The SMILES string of the molecule is C(=C1C=C(c2ccccc2)c2ccccc2S1)c1cc(-c2ccccc2)c2ccccc2[s+]1. The van der Waals surface area contributed by atoms with Gasteiger partial charge < -0.3 is 0 Å². The zero-order valence-electron chi connectivity index (χ0n) is 17.9. The van der Waals surface area contributed by atoms with Gasteiger partial charge in [-0.3, -0.25) is 0 Å². The van der Waals surface area contributed by atoms with Crippen molar-refractivity contribution >= 4 is 44.8 Å². The smallest absolute Gasteiger partial charge is 0.0892 e. The van der Waals surface area contributed by atoms with Gasteiger partial charge in [-0.15, -0.1) is 0 Å². The van der Waals surface area contributed by atoms with Gasteiger partial charge in [-0.1, -0.05) is 103 Å². The minimum Gasteiger partial charge on any atom is -0.0892 e. The predicted octanol–water partition coefficient (Wildman–Crippen LogP) is 9.43. The van der Waals surface area contributed by atoms with Gasteiger partial charge in [-0.05, 0) is 40.5 Å². The van der Waals surface area contributed by atoms with E-state index in [1.807, 2.05) is 23.1 Å². The molecule has 0 bridgehead atoms. The summed E-state index contributed by atoms with van der Waals surface area (Å²) in [5.41, 5.74) is 6.38. The number of hydrogen-bond acceptors (Lipinski definition) is 1. The molecule has 0 aliphatic carbocycles. The first kappa shape index (κ1) is 20.2. The number of rotatable bonds is 3. The van der Waals surface area contributed by atoms with Crippen molar-refractivity contribution in [2.75, 3.05) is 0 Å². The predicted molar refractivity (Wildman–Crippen MR) is 145 cm³/mol. The third-order valence-electron chi connectivity index (χ3n) is 5.84. The Morgan fingerprint density at radius 1 is 0.606 bits per heavy atom. The molecule has 0 saturated carbocycles. The molecule has 0 atom stereocenters. The van der Waals surface area contributed by atoms with E-state index in [0.29, 0.717) is 0 Å². The zero-order valence-corrected chi connectivity index (χ0v) is 19.6. The molecular formula is C31H21S2+. The van der Waals surface area contributed by atoms with Gasteiger partial charge in [0.15, 0.2) is 0 Å². The van der Waals surface area contributed by atoms with Crippen molar-refractivity contribution in [1.82, 2.24) is 0 Å². The van der Waals surface area contributed by atoms with Crippen LogP contribution in [0.15, 0.2) is 131 Å². The van der Waals surface area contributed by atoms with E-state index in [1.54, 1.807) is 0 Å². The van der Waals surface area contributed by atoms with Gasteiger partial charge in [0.2, 0.25) is 20.9 Å². The van der Waals surface area contributed by atoms with Crippen molar-refractivity contribution in [2.45, 2.75) is 4.90 Å². The maximum Gasteiger partial charge on any atom is 0.239 e. The summed E-state index contributed by atoms with van der Waals surface area (Å²) in [6, 6.07) is 41.1. The summed E-state index contributed by atoms with van der Waals surface area (Å²) < 4.78 is 1.30. The lowest BCUT2D eigenvalue weighted by atomic mass is 9.97. The Bertz CT molecular complexity index is 1510. The summed E-state index contributed by atoms with van der Waals surface area (Å²) in [4.78, 5) is 3.83. The standard InChI is InChI=1S/C31H21S2/c1-3-11-22(12-4-1)28-20-24(32-30-17-9-7-15-26(28)30)19-25-21-29(23-13-5-2-6-14-23)27-16-8-10-18-31(27)33-25/h1-21H/q+1. The molecule has 0 nitrogen and oxygen atoms in total. The van der Waals surface area contributed by atoms with Crippen molar-refractivity contribution in [3.05, 3.63) is 142 Å². The molecule has 0 fully saturated rings. The van der Waals surface area contributed by atoms with Gasteiger partial charge in [0.05, 0.1) is 0 Å². The molecule has 1 aromatic heterocycles. The molecule has 1 aliphatic heterocycles. The molecule has 0 unspecified atom stereocenters. The van der Waals surface area contributed by atoms with Crippen LogP contribution in [-0.4, -0.2) is 0 Å². The second-order valence-electron chi connectivity index (χ2n) is 7.99. The third kappa shape index (κ3) is 4.04. The maximum atomic E-state index is 2.34. The summed E-state index contributed by atoms with van der Waals surface area (Å²) in [7, 11) is 0. The highest BCUT2D eigenvalue weighted by molar-refractivity contribution is 8.03. The molecule has 5 aromatic rings. The Kier molecular flexibility index (Phi) is 5.39. The average Bonchev–Trinajstić information content (AvgIpc) is 2.89. The highest BCUT2D eigenvalue weighted by atomic mass is 32.2. The van der Waals surface area contributed by atoms with E-state index in [9.17, 15) is 0 Å². The maximum absolute atomic E-state index is 2.34. The van der Waals surface area contributed by atoms with E-state index in [0.717, 1.165) is 0 Å². The lowest BCUT2D eigenvalue weighted by molar-refractivity contribution is 1.38. The number of thioether (sulfide) groups is 1. The van der Waals surface area contributed by atoms with Crippen molar-refractivity contribution in [2.24, 2.45) is 0 Å². The van der Waals surface area contributed by atoms with Gasteiger partial charge in [0.25, 0.3) is 0 Å². The van der Waals surface area contributed by atoms with E-state index in [4.69, 9.17) is 0 Å². The van der Waals surface area contributed by atoms with Gasteiger partial charge in [-0.25, -0.2) is 0 Å². The van der Waals surface area contributed by atoms with E-state index in [1.165, 1.54) is 52.6 Å². The van der Waals surface area contributed by atoms with Crippen molar-refractivity contribution in [1.29, 1.82) is 0 Å². The van der Waals surface area contributed by atoms with Gasteiger partial charge in [0.1, 0.15) is 0 Å². The van der Waals surface area contributed by atoms with Crippen molar-refractivity contribution < 1.29 is 0 Å². The van der Waals surface area contributed by atoms with Gasteiger partial charge in [0, 0.05) is 39.0 Å². The number of hydrogen-bond donors (Lipinski definition) is 0. The minimum atomic E-state index is 1.25. The van der Waals surface area contributed by atoms with Crippen LogP contribution in [0, 0.1) is 0 Å². The summed E-state index contributed by atoms with van der Waals surface area (Å²) >= 11 is 3.70. The quantitative estimate of drug-likeness (QED) is 0.243. The lowest BCUT2D eigenvalue weighted by Crippen LogP contribution is -1.96. The number of fused-ring (bicyclic) bond motifs is 2. The monoisotopic (exact) mass is 457 g/mol. The largest absolute Gasteiger partial charge is 0.239 e. The molecule has 0 saturated heterocycles. The van der Waals surface area contributed by atoms with Crippen LogP contribution in [0.25, 0.3) is 32.9 Å². The molecule has 6 rings (SSSR count). The van der Waals surface area contributed by atoms with E-state index in [2.05, 4.69) is 127 Å². The van der Waals surface area contributed by atoms with Crippen LogP contribution in [0.3, 0.4) is 0 Å². The fourth-order valence-corrected chi connectivity index (χ4v) is 6.48. The van der Waals surface area contributed by atoms with Gasteiger partial charge >= 0.3 is 0 Å². The molecule has 0 spiro atoms. The topological polar surface area (TPSA) is 0 Å². The summed E-state index contributed by atoms with van der Waals surface area (Å²) in [6.45, 7) is 0. The molecule has 0 N–H and O–H groups in total. The number of allylic oxidation sites excluding steroid dienone is 1. The van der Waals surface area contributed by atoms with Crippen molar-refractivity contribution in [3.63, 3.8) is 0 Å². The summed E-state index contributed by atoms with van der Waals surface area (Å²) in [6.07, 6.45) is 4.68.